The van der Waals surface area contributed by atoms with Gasteiger partial charge in [0.2, 0.25) is 21.8 Å². The van der Waals surface area contributed by atoms with E-state index in [2.05, 4.69) is 5.32 Å². The Kier molecular flexibility index (Phi) is 10.8. The number of amides is 2. The van der Waals surface area contributed by atoms with Crippen LogP contribution in [-0.4, -0.2) is 50.5 Å². The Morgan fingerprint density at radius 3 is 2.33 bits per heavy atom. The lowest BCUT2D eigenvalue weighted by molar-refractivity contribution is -0.140. The highest BCUT2D eigenvalue weighted by Crippen LogP contribution is 2.25. The fourth-order valence-electron chi connectivity index (χ4n) is 3.82. The smallest absolute Gasteiger partial charge is 0.242 e. The van der Waals surface area contributed by atoms with E-state index in [-0.39, 0.29) is 37.2 Å². The molecule has 0 aromatic heterocycles. The van der Waals surface area contributed by atoms with E-state index in [0.29, 0.717) is 23.7 Å². The summed E-state index contributed by atoms with van der Waals surface area (Å²) >= 11 is 6.34. The minimum Gasteiger partial charge on any atom is -0.354 e. The zero-order valence-corrected chi connectivity index (χ0v) is 23.6. The van der Waals surface area contributed by atoms with Gasteiger partial charge in [-0.3, -0.25) is 13.9 Å². The third kappa shape index (κ3) is 8.52. The van der Waals surface area contributed by atoms with Crippen LogP contribution in [0.3, 0.4) is 0 Å². The Morgan fingerprint density at radius 1 is 1.06 bits per heavy atom. The van der Waals surface area contributed by atoms with Crippen LogP contribution in [0.5, 0.6) is 0 Å². The van der Waals surface area contributed by atoms with E-state index in [1.54, 1.807) is 13.0 Å². The van der Waals surface area contributed by atoms with Crippen LogP contribution in [0.25, 0.3) is 0 Å². The maximum atomic E-state index is 13.4. The average Bonchev–Trinajstić information content (AvgIpc) is 2.80. The maximum Gasteiger partial charge on any atom is 0.242 e. The molecule has 0 fully saturated rings. The first-order valence-corrected chi connectivity index (χ1v) is 14.4. The van der Waals surface area contributed by atoms with Crippen molar-refractivity contribution in [2.45, 2.75) is 60.0 Å². The Labute approximate surface area is 220 Å². The molecule has 36 heavy (non-hydrogen) atoms. The van der Waals surface area contributed by atoms with E-state index >= 15 is 0 Å². The highest BCUT2D eigenvalue weighted by molar-refractivity contribution is 7.92. The van der Waals surface area contributed by atoms with Crippen molar-refractivity contribution >= 4 is 39.1 Å². The number of rotatable bonds is 12. The predicted octanol–water partition coefficient (Wildman–Crippen LogP) is 4.69. The minimum atomic E-state index is -3.55. The number of nitrogens with one attached hydrogen (secondary N) is 1. The van der Waals surface area contributed by atoms with E-state index in [9.17, 15) is 18.0 Å². The number of carbonyl (C=O) groups excluding carboxylic acids is 2. The molecule has 0 unspecified atom stereocenters. The molecule has 0 saturated carbocycles. The van der Waals surface area contributed by atoms with Crippen molar-refractivity contribution in [1.29, 1.82) is 0 Å². The van der Waals surface area contributed by atoms with Gasteiger partial charge in [-0.25, -0.2) is 8.42 Å². The molecule has 1 N–H and O–H groups in total. The topological polar surface area (TPSA) is 86.8 Å². The van der Waals surface area contributed by atoms with Crippen LogP contribution in [0.15, 0.2) is 42.5 Å². The molecule has 0 aliphatic heterocycles. The monoisotopic (exact) mass is 535 g/mol. The molecule has 2 aromatic rings. The van der Waals surface area contributed by atoms with Crippen LogP contribution in [0.2, 0.25) is 5.02 Å². The standard InChI is InChI=1S/C27H38ClN3O4S/c1-19(2)17-29-27(33)22(5)30(18-23-10-7-8-11-24(23)28)26(32)12-9-15-31(36(6,34)35)25-16-20(3)13-14-21(25)4/h7-8,10-11,13-14,16,19,22H,9,12,15,17-18H2,1-6H3,(H,29,33)/t22-/m0/s1. The SMILES string of the molecule is Cc1ccc(C)c(N(CCCC(=O)N(Cc2ccccc2Cl)[C@@H](C)C(=O)NCC(C)C)S(C)(=O)=O)c1. The van der Waals surface area contributed by atoms with Crippen molar-refractivity contribution in [2.24, 2.45) is 5.92 Å². The predicted molar refractivity (Wildman–Crippen MR) is 147 cm³/mol. The van der Waals surface area contributed by atoms with Crippen LogP contribution in [0.1, 0.15) is 50.3 Å². The summed E-state index contributed by atoms with van der Waals surface area (Å²) in [6, 6.07) is 12.2. The van der Waals surface area contributed by atoms with E-state index in [0.717, 1.165) is 16.7 Å². The van der Waals surface area contributed by atoms with Crippen molar-refractivity contribution < 1.29 is 18.0 Å². The molecule has 0 aliphatic carbocycles. The second kappa shape index (κ2) is 13.1. The molecule has 7 nitrogen and oxygen atoms in total. The van der Waals surface area contributed by atoms with E-state index in [4.69, 9.17) is 11.6 Å². The highest BCUT2D eigenvalue weighted by atomic mass is 35.5. The van der Waals surface area contributed by atoms with Gasteiger partial charge in [-0.2, -0.15) is 0 Å². The summed E-state index contributed by atoms with van der Waals surface area (Å²) in [5, 5.41) is 3.41. The number of benzene rings is 2. The van der Waals surface area contributed by atoms with Gasteiger partial charge in [0.25, 0.3) is 0 Å². The van der Waals surface area contributed by atoms with E-state index in [1.165, 1.54) is 15.5 Å². The first-order valence-electron chi connectivity index (χ1n) is 12.2. The molecule has 9 heteroatoms. The zero-order chi connectivity index (χ0) is 27.0. The summed E-state index contributed by atoms with van der Waals surface area (Å²) < 4.78 is 26.5. The van der Waals surface area contributed by atoms with Gasteiger partial charge >= 0.3 is 0 Å². The van der Waals surface area contributed by atoms with Gasteiger partial charge in [0.05, 0.1) is 11.9 Å². The van der Waals surface area contributed by atoms with Crippen molar-refractivity contribution in [2.75, 3.05) is 23.7 Å². The van der Waals surface area contributed by atoms with Crippen molar-refractivity contribution in [3.8, 4) is 0 Å². The lowest BCUT2D eigenvalue weighted by Gasteiger charge is -2.30. The quantitative estimate of drug-likeness (QED) is 0.427. The molecule has 198 valence electrons. The number of carbonyl (C=O) groups is 2. The summed E-state index contributed by atoms with van der Waals surface area (Å²) in [6.07, 6.45) is 1.56. The molecule has 0 spiro atoms. The molecule has 0 radical (unpaired) electrons. The average molecular weight is 536 g/mol. The lowest BCUT2D eigenvalue weighted by atomic mass is 10.1. The van der Waals surface area contributed by atoms with Crippen molar-refractivity contribution in [1.82, 2.24) is 10.2 Å². The van der Waals surface area contributed by atoms with Gasteiger partial charge in [-0.15, -0.1) is 0 Å². The lowest BCUT2D eigenvalue weighted by Crippen LogP contribution is -2.48. The minimum absolute atomic E-state index is 0.0864. The Hall–Kier alpha value is -2.58. The Morgan fingerprint density at radius 2 is 1.72 bits per heavy atom. The van der Waals surface area contributed by atoms with Gasteiger partial charge in [0.1, 0.15) is 6.04 Å². The number of hydrogen-bond acceptors (Lipinski definition) is 4. The van der Waals surface area contributed by atoms with Crippen LogP contribution < -0.4 is 9.62 Å². The fourth-order valence-corrected chi connectivity index (χ4v) is 5.03. The molecule has 0 aliphatic rings. The summed E-state index contributed by atoms with van der Waals surface area (Å²) in [5.74, 6) is -0.199. The van der Waals surface area contributed by atoms with E-state index in [1.807, 2.05) is 64.1 Å². The Bertz CT molecular complexity index is 1170. The molecule has 0 heterocycles. The molecule has 2 amide bonds. The second-order valence-electron chi connectivity index (χ2n) is 9.66. The molecule has 1 atom stereocenters. The van der Waals surface area contributed by atoms with Crippen LogP contribution in [0, 0.1) is 19.8 Å². The first-order chi connectivity index (χ1) is 16.8. The maximum absolute atomic E-state index is 13.4. The summed E-state index contributed by atoms with van der Waals surface area (Å²) in [6.45, 7) is 10.3. The van der Waals surface area contributed by atoms with Crippen LogP contribution in [0.4, 0.5) is 5.69 Å². The second-order valence-corrected chi connectivity index (χ2v) is 12.0. The van der Waals surface area contributed by atoms with Gasteiger partial charge in [0.15, 0.2) is 0 Å². The molecular formula is C27H38ClN3O4S. The zero-order valence-electron chi connectivity index (χ0n) is 22.0. The number of nitrogens with zero attached hydrogens (tertiary/aromatic N) is 2. The third-order valence-corrected chi connectivity index (χ3v) is 7.48. The molecule has 0 bridgehead atoms. The van der Waals surface area contributed by atoms with Crippen molar-refractivity contribution in [3.63, 3.8) is 0 Å². The van der Waals surface area contributed by atoms with Crippen molar-refractivity contribution in [3.05, 3.63) is 64.2 Å². The largest absolute Gasteiger partial charge is 0.354 e. The normalized spacial score (nSPS) is 12.3. The van der Waals surface area contributed by atoms with Crippen LogP contribution >= 0.6 is 11.6 Å². The van der Waals surface area contributed by atoms with E-state index < -0.39 is 16.1 Å². The molecular weight excluding hydrogens is 498 g/mol. The number of aryl methyl sites for hydroxylation is 2. The van der Waals surface area contributed by atoms with Gasteiger partial charge in [0, 0.05) is 31.1 Å². The van der Waals surface area contributed by atoms with Crippen LogP contribution in [-0.2, 0) is 26.2 Å². The van der Waals surface area contributed by atoms with Gasteiger partial charge < -0.3 is 10.2 Å². The number of sulfonamides is 1. The summed E-state index contributed by atoms with van der Waals surface area (Å²) in [5.41, 5.74) is 3.14. The summed E-state index contributed by atoms with van der Waals surface area (Å²) in [7, 11) is -3.55. The highest BCUT2D eigenvalue weighted by Gasteiger charge is 2.27. The fraction of sp³-hybridized carbons (Fsp3) is 0.481. The first kappa shape index (κ1) is 29.6. The van der Waals surface area contributed by atoms with Gasteiger partial charge in [-0.1, -0.05) is 55.8 Å². The summed E-state index contributed by atoms with van der Waals surface area (Å²) in [4.78, 5) is 27.7. The third-order valence-electron chi connectivity index (χ3n) is 5.94. The molecule has 2 rings (SSSR count). The number of anilines is 1. The number of halogens is 1. The van der Waals surface area contributed by atoms with Gasteiger partial charge in [-0.05, 0) is 61.9 Å². The molecule has 2 aromatic carbocycles. The Balaban J connectivity index is 2.21. The molecule has 0 saturated heterocycles. The number of hydrogen-bond donors (Lipinski definition) is 1.